The molecule has 102 valence electrons. The Morgan fingerprint density at radius 3 is 2.89 bits per heavy atom. The van der Waals surface area contributed by atoms with Crippen molar-refractivity contribution in [3.8, 4) is 11.3 Å². The third kappa shape index (κ3) is 3.50. The maximum atomic E-state index is 8.94. The van der Waals surface area contributed by atoms with E-state index in [0.29, 0.717) is 6.54 Å². The summed E-state index contributed by atoms with van der Waals surface area (Å²) in [4.78, 5) is 5.51. The van der Waals surface area contributed by atoms with E-state index in [2.05, 4.69) is 21.1 Å². The van der Waals surface area contributed by atoms with Crippen LogP contribution < -0.4 is 10.0 Å². The van der Waals surface area contributed by atoms with Gasteiger partial charge in [-0.15, -0.1) is 0 Å². The van der Waals surface area contributed by atoms with Crippen LogP contribution in [-0.4, -0.2) is 34.9 Å². The van der Waals surface area contributed by atoms with Crippen LogP contribution in [0.1, 0.15) is 0 Å². The van der Waals surface area contributed by atoms with Crippen LogP contribution in [0.15, 0.2) is 35.6 Å². The van der Waals surface area contributed by atoms with Crippen LogP contribution in [0.4, 0.5) is 5.69 Å². The van der Waals surface area contributed by atoms with Crippen LogP contribution in [0.25, 0.3) is 11.3 Å². The van der Waals surface area contributed by atoms with Crippen LogP contribution in [0.5, 0.6) is 0 Å². The Bertz CT molecular complexity index is 541. The van der Waals surface area contributed by atoms with Crippen molar-refractivity contribution in [3.05, 3.63) is 30.7 Å². The highest BCUT2D eigenvalue weighted by atomic mass is 32.2. The molecule has 0 aliphatic rings. The molecule has 2 rings (SSSR count). The first-order valence-corrected chi connectivity index (χ1v) is 6.87. The standard InChI is InChI=1S/C13H18N4OS/c1-14-19-10-3-4-12(15-5-6-18)11(7-10)13-8-17(2)9-16-13/h3-4,7-9,14-15,18H,5-6H2,1-2H3. The number of nitrogens with zero attached hydrogens (tertiary/aromatic N) is 2. The Labute approximate surface area is 117 Å². The number of imidazole rings is 1. The van der Waals surface area contributed by atoms with E-state index in [1.165, 1.54) is 0 Å². The van der Waals surface area contributed by atoms with Crippen LogP contribution in [0, 0.1) is 0 Å². The summed E-state index contributed by atoms with van der Waals surface area (Å²) in [5, 5.41) is 12.1. The van der Waals surface area contributed by atoms with Gasteiger partial charge in [0.25, 0.3) is 0 Å². The molecule has 1 aromatic carbocycles. The SMILES string of the molecule is CNSc1ccc(NCCO)c(-c2cn(C)cn2)c1. The molecule has 0 radical (unpaired) electrons. The Kier molecular flexibility index (Phi) is 4.84. The van der Waals surface area contributed by atoms with Gasteiger partial charge >= 0.3 is 0 Å². The van der Waals surface area contributed by atoms with E-state index >= 15 is 0 Å². The van der Waals surface area contributed by atoms with Gasteiger partial charge in [0.1, 0.15) is 0 Å². The second kappa shape index (κ2) is 6.60. The zero-order chi connectivity index (χ0) is 13.7. The first-order valence-electron chi connectivity index (χ1n) is 6.05. The third-order valence-corrected chi connectivity index (χ3v) is 3.31. The molecule has 5 nitrogen and oxygen atoms in total. The fourth-order valence-corrected chi connectivity index (χ4v) is 2.36. The summed E-state index contributed by atoms with van der Waals surface area (Å²) in [6.07, 6.45) is 3.76. The van der Waals surface area contributed by atoms with Crippen molar-refractivity contribution >= 4 is 17.6 Å². The minimum Gasteiger partial charge on any atom is -0.395 e. The van der Waals surface area contributed by atoms with Crippen molar-refractivity contribution in [1.82, 2.24) is 14.3 Å². The molecule has 1 heterocycles. The summed E-state index contributed by atoms with van der Waals surface area (Å²) >= 11 is 1.56. The van der Waals surface area contributed by atoms with Gasteiger partial charge in [-0.3, -0.25) is 4.72 Å². The third-order valence-electron chi connectivity index (χ3n) is 2.62. The first kappa shape index (κ1) is 13.9. The summed E-state index contributed by atoms with van der Waals surface area (Å²) < 4.78 is 4.98. The number of hydrogen-bond donors (Lipinski definition) is 3. The van der Waals surface area contributed by atoms with Gasteiger partial charge in [-0.1, -0.05) is 0 Å². The molecule has 0 saturated carbocycles. The Hall–Kier alpha value is -1.50. The average molecular weight is 278 g/mol. The monoisotopic (exact) mass is 278 g/mol. The average Bonchev–Trinajstić information content (AvgIpc) is 2.84. The van der Waals surface area contributed by atoms with Gasteiger partial charge in [0, 0.05) is 35.9 Å². The van der Waals surface area contributed by atoms with Gasteiger partial charge in [0.05, 0.1) is 18.6 Å². The minimum atomic E-state index is 0.106. The fraction of sp³-hybridized carbons (Fsp3) is 0.308. The molecule has 6 heteroatoms. The van der Waals surface area contributed by atoms with Crippen molar-refractivity contribution in [1.29, 1.82) is 0 Å². The maximum absolute atomic E-state index is 8.94. The summed E-state index contributed by atoms with van der Waals surface area (Å²) in [7, 11) is 3.84. The lowest BCUT2D eigenvalue weighted by Gasteiger charge is -2.11. The highest BCUT2D eigenvalue weighted by Crippen LogP contribution is 2.30. The van der Waals surface area contributed by atoms with Crippen LogP contribution >= 0.6 is 11.9 Å². The molecule has 0 bridgehead atoms. The van der Waals surface area contributed by atoms with E-state index in [-0.39, 0.29) is 6.61 Å². The molecule has 0 aliphatic heterocycles. The molecule has 0 spiro atoms. The van der Waals surface area contributed by atoms with E-state index in [4.69, 9.17) is 5.11 Å². The summed E-state index contributed by atoms with van der Waals surface area (Å²) in [5.74, 6) is 0. The molecule has 0 amide bonds. The Morgan fingerprint density at radius 2 is 2.26 bits per heavy atom. The van der Waals surface area contributed by atoms with Gasteiger partial charge in [-0.2, -0.15) is 0 Å². The van der Waals surface area contributed by atoms with Gasteiger partial charge in [-0.25, -0.2) is 4.98 Å². The second-order valence-electron chi connectivity index (χ2n) is 4.09. The van der Waals surface area contributed by atoms with Crippen molar-refractivity contribution in [3.63, 3.8) is 0 Å². The number of nitrogens with one attached hydrogen (secondary N) is 2. The molecular weight excluding hydrogens is 260 g/mol. The summed E-state index contributed by atoms with van der Waals surface area (Å²) in [6.45, 7) is 0.632. The van der Waals surface area contributed by atoms with E-state index in [1.807, 2.05) is 37.0 Å². The maximum Gasteiger partial charge on any atom is 0.0951 e. The lowest BCUT2D eigenvalue weighted by Crippen LogP contribution is -2.06. The van der Waals surface area contributed by atoms with E-state index in [9.17, 15) is 0 Å². The van der Waals surface area contributed by atoms with Crippen LogP contribution in [0.3, 0.4) is 0 Å². The van der Waals surface area contributed by atoms with Crippen LogP contribution in [0.2, 0.25) is 0 Å². The van der Waals surface area contributed by atoms with Crippen molar-refractivity contribution in [2.45, 2.75) is 4.90 Å². The number of anilines is 1. The molecule has 0 saturated heterocycles. The summed E-state index contributed by atoms with van der Waals surface area (Å²) in [5.41, 5.74) is 2.93. The highest BCUT2D eigenvalue weighted by molar-refractivity contribution is 7.97. The number of hydrogen-bond acceptors (Lipinski definition) is 5. The van der Waals surface area contributed by atoms with E-state index in [0.717, 1.165) is 21.8 Å². The molecule has 19 heavy (non-hydrogen) atoms. The largest absolute Gasteiger partial charge is 0.395 e. The zero-order valence-electron chi connectivity index (χ0n) is 11.1. The lowest BCUT2D eigenvalue weighted by atomic mass is 10.1. The second-order valence-corrected chi connectivity index (χ2v) is 5.17. The van der Waals surface area contributed by atoms with Gasteiger partial charge < -0.3 is 15.0 Å². The first-order chi connectivity index (χ1) is 9.24. The predicted molar refractivity (Wildman–Crippen MR) is 79.1 cm³/mol. The number of aromatic nitrogens is 2. The number of benzene rings is 1. The lowest BCUT2D eigenvalue weighted by molar-refractivity contribution is 0.311. The van der Waals surface area contributed by atoms with Crippen molar-refractivity contribution < 1.29 is 5.11 Å². The zero-order valence-corrected chi connectivity index (χ0v) is 11.9. The summed E-state index contributed by atoms with van der Waals surface area (Å²) in [6, 6.07) is 6.13. The fourth-order valence-electron chi connectivity index (χ4n) is 1.81. The molecule has 0 unspecified atom stereocenters. The molecule has 1 aromatic heterocycles. The number of rotatable bonds is 6. The topological polar surface area (TPSA) is 62.1 Å². The Morgan fingerprint density at radius 1 is 1.42 bits per heavy atom. The van der Waals surface area contributed by atoms with Crippen molar-refractivity contribution in [2.75, 3.05) is 25.5 Å². The normalized spacial score (nSPS) is 10.7. The predicted octanol–water partition coefficient (Wildman–Crippen LogP) is 1.72. The quantitative estimate of drug-likeness (QED) is 0.702. The molecule has 0 atom stereocenters. The van der Waals surface area contributed by atoms with E-state index in [1.54, 1.807) is 18.3 Å². The van der Waals surface area contributed by atoms with Gasteiger partial charge in [-0.05, 0) is 37.2 Å². The number of aliphatic hydroxyl groups excluding tert-OH is 1. The Balaban J connectivity index is 2.37. The highest BCUT2D eigenvalue weighted by Gasteiger charge is 2.09. The van der Waals surface area contributed by atoms with E-state index < -0.39 is 0 Å². The molecule has 2 aromatic rings. The molecular formula is C13H18N4OS. The number of aryl methyl sites for hydroxylation is 1. The molecule has 0 aliphatic carbocycles. The van der Waals surface area contributed by atoms with Crippen LogP contribution in [-0.2, 0) is 7.05 Å². The molecule has 0 fully saturated rings. The van der Waals surface area contributed by atoms with Crippen molar-refractivity contribution in [2.24, 2.45) is 7.05 Å². The smallest absolute Gasteiger partial charge is 0.0951 e. The number of aliphatic hydroxyl groups is 1. The minimum absolute atomic E-state index is 0.106. The van der Waals surface area contributed by atoms with Gasteiger partial charge in [0.15, 0.2) is 0 Å². The molecule has 3 N–H and O–H groups in total. The van der Waals surface area contributed by atoms with Gasteiger partial charge in [0.2, 0.25) is 0 Å².